The molecule has 0 unspecified atom stereocenters. The Morgan fingerprint density at radius 3 is 2.38 bits per heavy atom. The number of carboxylic acids is 2. The third kappa shape index (κ3) is 1.77. The van der Waals surface area contributed by atoms with Gasteiger partial charge in [0, 0.05) is 6.54 Å². The highest BCUT2D eigenvalue weighted by Gasteiger charge is 2.46. The lowest BCUT2D eigenvalue weighted by Gasteiger charge is -2.23. The first-order chi connectivity index (χ1) is 6.09. The number of carbonyl (C=O) groups is 2. The lowest BCUT2D eigenvalue weighted by Crippen LogP contribution is -2.63. The minimum absolute atomic E-state index is 0.0394. The van der Waals surface area contributed by atoms with Crippen LogP contribution in [0.15, 0.2) is 0 Å². The lowest BCUT2D eigenvalue weighted by atomic mass is 9.95. The third-order valence-electron chi connectivity index (χ3n) is 1.95. The van der Waals surface area contributed by atoms with Crippen molar-refractivity contribution >= 4 is 11.9 Å². The Labute approximate surface area is 74.1 Å². The Morgan fingerprint density at radius 1 is 1.23 bits per heavy atom. The van der Waals surface area contributed by atoms with Crippen LogP contribution in [0.4, 0.5) is 0 Å². The quantitative estimate of drug-likeness (QED) is 0.329. The molecule has 0 aromatic carbocycles. The van der Waals surface area contributed by atoms with Gasteiger partial charge in [-0.05, 0) is 12.8 Å². The lowest BCUT2D eigenvalue weighted by molar-refractivity contribution is -0.160. The van der Waals surface area contributed by atoms with E-state index in [1.165, 1.54) is 0 Å². The van der Waals surface area contributed by atoms with Crippen LogP contribution in [0.2, 0.25) is 0 Å². The molecule has 7 nitrogen and oxygen atoms in total. The number of aliphatic carboxylic acids is 2. The van der Waals surface area contributed by atoms with Crippen LogP contribution in [0.25, 0.3) is 0 Å². The van der Waals surface area contributed by atoms with E-state index < -0.39 is 17.5 Å². The summed E-state index contributed by atoms with van der Waals surface area (Å²) in [7, 11) is 0. The van der Waals surface area contributed by atoms with Gasteiger partial charge in [-0.25, -0.2) is 20.4 Å². The third-order valence-corrected chi connectivity index (χ3v) is 1.95. The van der Waals surface area contributed by atoms with Gasteiger partial charge in [-0.15, -0.1) is 0 Å². The molecular formula is C6H11N3O4. The minimum Gasteiger partial charge on any atom is -0.479 e. The van der Waals surface area contributed by atoms with Crippen LogP contribution >= 0.6 is 0 Å². The Bertz CT molecular complexity index is 206. The predicted molar refractivity (Wildman–Crippen MR) is 41.5 cm³/mol. The van der Waals surface area contributed by atoms with Crippen LogP contribution < -0.4 is 16.4 Å². The fraction of sp³-hybridized carbons (Fsp3) is 0.667. The molecule has 13 heavy (non-hydrogen) atoms. The Balaban J connectivity index is 2.86. The molecule has 0 spiro atoms. The highest BCUT2D eigenvalue weighted by molar-refractivity contribution is 6.03. The van der Waals surface area contributed by atoms with Crippen LogP contribution in [0, 0.1) is 0 Å². The number of hydrazine groups is 2. The maximum Gasteiger partial charge on any atom is 0.336 e. The first-order valence-corrected chi connectivity index (χ1v) is 3.81. The summed E-state index contributed by atoms with van der Waals surface area (Å²) in [5, 5.41) is 17.5. The molecule has 1 aliphatic rings. The van der Waals surface area contributed by atoms with Crippen molar-refractivity contribution in [1.82, 2.24) is 16.4 Å². The van der Waals surface area contributed by atoms with E-state index >= 15 is 0 Å². The summed E-state index contributed by atoms with van der Waals surface area (Å²) in [5.74, 6) is -2.78. The van der Waals surface area contributed by atoms with E-state index in [-0.39, 0.29) is 6.42 Å². The van der Waals surface area contributed by atoms with Crippen molar-refractivity contribution < 1.29 is 19.8 Å². The van der Waals surface area contributed by atoms with Crippen molar-refractivity contribution in [2.24, 2.45) is 0 Å². The summed E-state index contributed by atoms with van der Waals surface area (Å²) in [6.45, 7) is 0.523. The standard InChI is InChI=1S/C6H11N3O4/c10-4(11)6(5(12)13)2-1-3-7-9-8-6/h7-9H,1-3H2,(H,10,11)(H,12,13). The van der Waals surface area contributed by atoms with Gasteiger partial charge in [-0.3, -0.25) is 0 Å². The fourth-order valence-electron chi connectivity index (χ4n) is 1.13. The van der Waals surface area contributed by atoms with Gasteiger partial charge in [0.1, 0.15) is 0 Å². The molecule has 5 N–H and O–H groups in total. The molecule has 1 rings (SSSR count). The zero-order valence-electron chi connectivity index (χ0n) is 6.83. The molecule has 0 radical (unpaired) electrons. The number of rotatable bonds is 2. The second-order valence-electron chi connectivity index (χ2n) is 2.80. The van der Waals surface area contributed by atoms with Crippen molar-refractivity contribution in [2.45, 2.75) is 18.4 Å². The topological polar surface area (TPSA) is 111 Å². The number of nitrogens with one attached hydrogen (secondary N) is 3. The van der Waals surface area contributed by atoms with Crippen LogP contribution in [0.1, 0.15) is 12.8 Å². The summed E-state index contributed by atoms with van der Waals surface area (Å²) >= 11 is 0. The minimum atomic E-state index is -1.93. The normalized spacial score (nSPS) is 21.8. The monoisotopic (exact) mass is 189 g/mol. The predicted octanol–water partition coefficient (Wildman–Crippen LogP) is -1.71. The summed E-state index contributed by atoms with van der Waals surface area (Å²) in [4.78, 5) is 21.5. The SMILES string of the molecule is O=C(O)C1(C(=O)O)CCCNNN1. The van der Waals surface area contributed by atoms with Gasteiger partial charge in [-0.2, -0.15) is 5.53 Å². The van der Waals surface area contributed by atoms with E-state index in [9.17, 15) is 9.59 Å². The van der Waals surface area contributed by atoms with Crippen molar-refractivity contribution in [3.05, 3.63) is 0 Å². The summed E-state index contributed by atoms with van der Waals surface area (Å²) in [6.07, 6.45) is 0.510. The maximum atomic E-state index is 10.8. The Hall–Kier alpha value is -1.18. The largest absolute Gasteiger partial charge is 0.479 e. The molecule has 0 aromatic rings. The van der Waals surface area contributed by atoms with Gasteiger partial charge in [0.05, 0.1) is 0 Å². The number of carboxylic acid groups (broad SMARTS) is 2. The van der Waals surface area contributed by atoms with Crippen molar-refractivity contribution in [3.63, 3.8) is 0 Å². The van der Waals surface area contributed by atoms with Gasteiger partial charge in [-0.1, -0.05) is 0 Å². The summed E-state index contributed by atoms with van der Waals surface area (Å²) in [5.41, 5.74) is 5.27. The molecule has 0 aliphatic carbocycles. The smallest absolute Gasteiger partial charge is 0.336 e. The second-order valence-corrected chi connectivity index (χ2v) is 2.80. The van der Waals surface area contributed by atoms with E-state index in [0.29, 0.717) is 13.0 Å². The zero-order chi connectivity index (χ0) is 9.90. The molecule has 0 saturated carbocycles. The van der Waals surface area contributed by atoms with Crippen LogP contribution in [0.5, 0.6) is 0 Å². The van der Waals surface area contributed by atoms with E-state index in [2.05, 4.69) is 16.4 Å². The van der Waals surface area contributed by atoms with Gasteiger partial charge in [0.2, 0.25) is 5.54 Å². The highest BCUT2D eigenvalue weighted by atomic mass is 16.4. The molecular weight excluding hydrogens is 178 g/mol. The van der Waals surface area contributed by atoms with Crippen LogP contribution in [-0.2, 0) is 9.59 Å². The molecule has 1 aliphatic heterocycles. The van der Waals surface area contributed by atoms with Gasteiger partial charge in [0.25, 0.3) is 0 Å². The number of hydrogen-bond acceptors (Lipinski definition) is 5. The van der Waals surface area contributed by atoms with Crippen molar-refractivity contribution in [1.29, 1.82) is 0 Å². The van der Waals surface area contributed by atoms with Crippen LogP contribution in [0.3, 0.4) is 0 Å². The second kappa shape index (κ2) is 3.69. The first kappa shape index (κ1) is 9.90. The fourth-order valence-corrected chi connectivity index (χ4v) is 1.13. The highest BCUT2D eigenvalue weighted by Crippen LogP contribution is 2.14. The molecule has 1 fully saturated rings. The van der Waals surface area contributed by atoms with Gasteiger partial charge >= 0.3 is 11.9 Å². The van der Waals surface area contributed by atoms with E-state index in [1.54, 1.807) is 0 Å². The molecule has 0 atom stereocenters. The Morgan fingerprint density at radius 2 is 1.85 bits per heavy atom. The first-order valence-electron chi connectivity index (χ1n) is 3.81. The van der Waals surface area contributed by atoms with E-state index in [1.807, 2.05) is 0 Å². The average Bonchev–Trinajstić information content (AvgIpc) is 2.28. The number of hydrogen-bond donors (Lipinski definition) is 5. The van der Waals surface area contributed by atoms with Crippen LogP contribution in [-0.4, -0.2) is 34.2 Å². The maximum absolute atomic E-state index is 10.8. The average molecular weight is 189 g/mol. The van der Waals surface area contributed by atoms with E-state index in [4.69, 9.17) is 10.2 Å². The molecule has 1 heterocycles. The van der Waals surface area contributed by atoms with Gasteiger partial charge in [0.15, 0.2) is 0 Å². The van der Waals surface area contributed by atoms with Gasteiger partial charge < -0.3 is 10.2 Å². The van der Waals surface area contributed by atoms with Crippen molar-refractivity contribution in [3.8, 4) is 0 Å². The molecule has 7 heteroatoms. The molecule has 0 amide bonds. The Kier molecular flexibility index (Phi) is 2.81. The zero-order valence-corrected chi connectivity index (χ0v) is 6.83. The molecule has 1 saturated heterocycles. The summed E-state index contributed by atoms with van der Waals surface area (Å²) < 4.78 is 0. The van der Waals surface area contributed by atoms with Crippen molar-refractivity contribution in [2.75, 3.05) is 6.54 Å². The molecule has 0 bridgehead atoms. The molecule has 0 aromatic heterocycles. The van der Waals surface area contributed by atoms with E-state index in [0.717, 1.165) is 0 Å². The summed E-state index contributed by atoms with van der Waals surface area (Å²) in [6, 6.07) is 0. The molecule has 74 valence electrons.